The third kappa shape index (κ3) is 3.68. The maximum absolute atomic E-state index is 13.2. The number of thioether (sulfide) groups is 1. The number of Topliss-reactive ketones (excluding diaryl/α,β-unsaturated/α-hetero) is 1. The van der Waals surface area contributed by atoms with Gasteiger partial charge in [0.05, 0.1) is 33.2 Å². The van der Waals surface area contributed by atoms with E-state index in [9.17, 15) is 20.2 Å². The van der Waals surface area contributed by atoms with Gasteiger partial charge in [-0.2, -0.15) is 5.26 Å². The first-order valence-electron chi connectivity index (χ1n) is 9.99. The van der Waals surface area contributed by atoms with E-state index in [1.165, 1.54) is 29.5 Å². The molecule has 2 aromatic rings. The van der Waals surface area contributed by atoms with Crippen LogP contribution in [0.25, 0.3) is 0 Å². The van der Waals surface area contributed by atoms with Gasteiger partial charge in [-0.25, -0.2) is 0 Å². The highest BCUT2D eigenvalue weighted by Crippen LogP contribution is 2.50. The Kier molecular flexibility index (Phi) is 6.29. The summed E-state index contributed by atoms with van der Waals surface area (Å²) >= 11 is 9.60. The van der Waals surface area contributed by atoms with Crippen LogP contribution in [0, 0.1) is 21.4 Å². The van der Waals surface area contributed by atoms with E-state index < -0.39 is 10.8 Å². The highest BCUT2D eigenvalue weighted by molar-refractivity contribution is 7.99. The Morgan fingerprint density at radius 3 is 2.84 bits per heavy atom. The lowest BCUT2D eigenvalue weighted by molar-refractivity contribution is -0.384. The maximum Gasteiger partial charge on any atom is 0.271 e. The first-order chi connectivity index (χ1) is 15.4. The van der Waals surface area contributed by atoms with E-state index in [2.05, 4.69) is 13.0 Å². The van der Waals surface area contributed by atoms with Crippen LogP contribution < -0.4 is 10.6 Å². The first-order valence-corrected chi connectivity index (χ1v) is 12.2. The monoisotopic (exact) mass is 486 g/mol. The van der Waals surface area contributed by atoms with Gasteiger partial charge in [0.2, 0.25) is 0 Å². The van der Waals surface area contributed by atoms with E-state index in [1.54, 1.807) is 16.7 Å². The fourth-order valence-electron chi connectivity index (χ4n) is 4.21. The van der Waals surface area contributed by atoms with E-state index in [1.807, 2.05) is 11.4 Å². The van der Waals surface area contributed by atoms with Gasteiger partial charge in [-0.05, 0) is 36.1 Å². The third-order valence-electron chi connectivity index (χ3n) is 5.52. The smallest absolute Gasteiger partial charge is 0.271 e. The predicted molar refractivity (Wildman–Crippen MR) is 127 cm³/mol. The van der Waals surface area contributed by atoms with Crippen LogP contribution in [-0.2, 0) is 4.79 Å². The first kappa shape index (κ1) is 22.4. The van der Waals surface area contributed by atoms with Crippen LogP contribution in [0.3, 0.4) is 0 Å². The van der Waals surface area contributed by atoms with Crippen molar-refractivity contribution in [2.24, 2.45) is 5.73 Å². The van der Waals surface area contributed by atoms with Crippen LogP contribution in [0.1, 0.15) is 37.0 Å². The molecule has 0 saturated carbocycles. The number of nitriles is 1. The molecule has 10 heteroatoms. The number of carbonyl (C=O) groups is 1. The number of nitro benzene ring substituents is 1. The molecule has 0 amide bonds. The molecule has 1 atom stereocenters. The number of thiophene rings is 1. The summed E-state index contributed by atoms with van der Waals surface area (Å²) in [6, 6.07) is 8.35. The maximum atomic E-state index is 13.2. The predicted octanol–water partition coefficient (Wildman–Crippen LogP) is 5.73. The largest absolute Gasteiger partial charge is 0.384 e. The number of nitrogens with two attached hydrogens (primary N) is 1. The van der Waals surface area contributed by atoms with Gasteiger partial charge >= 0.3 is 0 Å². The highest BCUT2D eigenvalue weighted by Gasteiger charge is 2.42. The molecular formula is C22H19ClN4O3S2. The molecule has 4 rings (SSSR count). The molecule has 0 fully saturated rings. The number of allylic oxidation sites excluding steroid dienone is 3. The molecule has 0 spiro atoms. The highest BCUT2D eigenvalue weighted by atomic mass is 35.5. The summed E-state index contributed by atoms with van der Waals surface area (Å²) in [7, 11) is 0. The van der Waals surface area contributed by atoms with Crippen molar-refractivity contribution in [2.45, 2.75) is 37.0 Å². The Balaban J connectivity index is 1.95. The van der Waals surface area contributed by atoms with Crippen LogP contribution in [0.15, 0.2) is 57.2 Å². The molecule has 164 valence electrons. The van der Waals surface area contributed by atoms with Crippen LogP contribution in [0.5, 0.6) is 0 Å². The van der Waals surface area contributed by atoms with Gasteiger partial charge in [0.25, 0.3) is 5.69 Å². The molecule has 0 unspecified atom stereocenters. The number of hydrogen-bond donors (Lipinski definition) is 1. The zero-order valence-electron chi connectivity index (χ0n) is 17.1. The summed E-state index contributed by atoms with van der Waals surface area (Å²) in [6.07, 6.45) is 1.64. The van der Waals surface area contributed by atoms with Gasteiger partial charge in [-0.15, -0.1) is 23.1 Å². The molecular weight excluding hydrogens is 468 g/mol. The number of halogens is 1. The quantitative estimate of drug-likeness (QED) is 0.326. The lowest BCUT2D eigenvalue weighted by Crippen LogP contribution is -2.38. The number of hydrogen-bond acceptors (Lipinski definition) is 8. The fraction of sp³-hybridized carbons (Fsp3) is 0.273. The van der Waals surface area contributed by atoms with E-state index in [-0.39, 0.29) is 27.9 Å². The molecule has 7 nitrogen and oxygen atoms in total. The SMILES string of the molecule is CCSc1ccsc1[C@H]1C(C#N)=C(N)N(c2ccc([N+](=O)[O-])cc2Cl)C2=C1C(=O)CCC2. The molecule has 0 bridgehead atoms. The Morgan fingerprint density at radius 1 is 1.41 bits per heavy atom. The molecule has 2 N–H and O–H groups in total. The normalized spacial score (nSPS) is 18.6. The second kappa shape index (κ2) is 8.98. The minimum absolute atomic E-state index is 0.0135. The number of rotatable bonds is 5. The molecule has 32 heavy (non-hydrogen) atoms. The summed E-state index contributed by atoms with van der Waals surface area (Å²) < 4.78 is 0. The molecule has 2 aliphatic rings. The molecule has 2 heterocycles. The summed E-state index contributed by atoms with van der Waals surface area (Å²) in [5, 5.41) is 23.3. The number of ketones is 1. The van der Waals surface area contributed by atoms with Gasteiger partial charge in [0.1, 0.15) is 5.82 Å². The van der Waals surface area contributed by atoms with Crippen molar-refractivity contribution < 1.29 is 9.72 Å². The summed E-state index contributed by atoms with van der Waals surface area (Å²) in [5.74, 6) is 0.523. The summed E-state index contributed by atoms with van der Waals surface area (Å²) in [6.45, 7) is 2.05. The van der Waals surface area contributed by atoms with Crippen molar-refractivity contribution in [3.8, 4) is 6.07 Å². The lowest BCUT2D eigenvalue weighted by atomic mass is 9.78. The van der Waals surface area contributed by atoms with Crippen LogP contribution >= 0.6 is 34.7 Å². The van der Waals surface area contributed by atoms with Crippen molar-refractivity contribution in [1.82, 2.24) is 0 Å². The molecule has 0 radical (unpaired) electrons. The lowest BCUT2D eigenvalue weighted by Gasteiger charge is -2.39. The Morgan fingerprint density at radius 2 is 2.19 bits per heavy atom. The second-order valence-electron chi connectivity index (χ2n) is 7.29. The van der Waals surface area contributed by atoms with Crippen LogP contribution in [0.4, 0.5) is 11.4 Å². The standard InChI is InChI=1S/C22H19ClN4O3S2/c1-2-31-18-8-9-32-21(18)19-13(11-24)22(25)26(16-4-3-5-17(28)20(16)19)15-7-6-12(27(29)30)10-14(15)23/h6-10,19H,2-5,25H2,1H3/t19-/m0/s1. The zero-order valence-corrected chi connectivity index (χ0v) is 19.5. The molecule has 1 aromatic heterocycles. The van der Waals surface area contributed by atoms with Crippen LogP contribution in [-0.4, -0.2) is 16.5 Å². The van der Waals surface area contributed by atoms with E-state index in [0.717, 1.165) is 15.5 Å². The van der Waals surface area contributed by atoms with Gasteiger partial charge in [0, 0.05) is 39.6 Å². The number of nitro groups is 1. The topological polar surface area (TPSA) is 113 Å². The van der Waals surface area contributed by atoms with Crippen molar-refractivity contribution in [3.63, 3.8) is 0 Å². The van der Waals surface area contributed by atoms with E-state index in [0.29, 0.717) is 36.2 Å². The van der Waals surface area contributed by atoms with Gasteiger partial charge in [0.15, 0.2) is 5.78 Å². The Labute approximate surface area is 198 Å². The Hall–Kier alpha value is -2.80. The van der Waals surface area contributed by atoms with Gasteiger partial charge in [-0.1, -0.05) is 18.5 Å². The minimum atomic E-state index is -0.527. The molecule has 0 saturated heterocycles. The second-order valence-corrected chi connectivity index (χ2v) is 9.95. The van der Waals surface area contributed by atoms with E-state index in [4.69, 9.17) is 17.3 Å². The number of carbonyl (C=O) groups excluding carboxylic acids is 1. The van der Waals surface area contributed by atoms with Gasteiger partial charge < -0.3 is 5.73 Å². The average Bonchev–Trinajstić information content (AvgIpc) is 3.21. The molecule has 1 aliphatic carbocycles. The molecule has 1 aliphatic heterocycles. The van der Waals surface area contributed by atoms with Crippen molar-refractivity contribution in [3.05, 3.63) is 72.3 Å². The summed E-state index contributed by atoms with van der Waals surface area (Å²) in [5.41, 5.74) is 8.38. The van der Waals surface area contributed by atoms with Crippen molar-refractivity contribution >= 4 is 51.9 Å². The zero-order chi connectivity index (χ0) is 23.0. The van der Waals surface area contributed by atoms with E-state index >= 15 is 0 Å². The van der Waals surface area contributed by atoms with Gasteiger partial charge in [-0.3, -0.25) is 19.8 Å². The van der Waals surface area contributed by atoms with Crippen molar-refractivity contribution in [2.75, 3.05) is 10.7 Å². The fourth-order valence-corrected chi connectivity index (χ4v) is 6.52. The number of non-ortho nitro benzene ring substituents is 1. The average molecular weight is 487 g/mol. The number of anilines is 1. The van der Waals surface area contributed by atoms with Crippen LogP contribution in [0.2, 0.25) is 5.02 Å². The minimum Gasteiger partial charge on any atom is -0.384 e. The summed E-state index contributed by atoms with van der Waals surface area (Å²) in [4.78, 5) is 27.4. The van der Waals surface area contributed by atoms with Crippen molar-refractivity contribution in [1.29, 1.82) is 5.26 Å². The number of nitrogens with zero attached hydrogens (tertiary/aromatic N) is 3. The Bertz CT molecular complexity index is 1230. The number of benzene rings is 1. The molecule has 1 aromatic carbocycles. The third-order valence-corrected chi connectivity index (χ3v) is 7.88.